The summed E-state index contributed by atoms with van der Waals surface area (Å²) >= 11 is 0. The van der Waals surface area contributed by atoms with Gasteiger partial charge in [0.1, 0.15) is 11.8 Å². The predicted molar refractivity (Wildman–Crippen MR) is 92.2 cm³/mol. The Morgan fingerprint density at radius 1 is 1.36 bits per heavy atom. The fourth-order valence-electron chi connectivity index (χ4n) is 3.23. The van der Waals surface area contributed by atoms with Crippen LogP contribution in [0.1, 0.15) is 49.1 Å². The lowest BCUT2D eigenvalue weighted by Crippen LogP contribution is -2.41. The van der Waals surface area contributed by atoms with Crippen molar-refractivity contribution < 1.29 is 23.8 Å². The van der Waals surface area contributed by atoms with Gasteiger partial charge in [0.05, 0.1) is 13.2 Å². The number of rotatable bonds is 7. The summed E-state index contributed by atoms with van der Waals surface area (Å²) in [4.78, 5) is 28.3. The summed E-state index contributed by atoms with van der Waals surface area (Å²) in [6, 6.07) is 0.993. The summed E-state index contributed by atoms with van der Waals surface area (Å²) in [6.07, 6.45) is 0.141. The molecule has 1 amide bonds. The first kappa shape index (κ1) is 19.5. The number of methoxy groups -OCH3 is 1. The molecule has 0 aliphatic carbocycles. The van der Waals surface area contributed by atoms with Gasteiger partial charge in [-0.3, -0.25) is 9.69 Å². The second-order valence-corrected chi connectivity index (χ2v) is 6.26. The summed E-state index contributed by atoms with van der Waals surface area (Å²) in [5.74, 6) is 0.0922. The highest BCUT2D eigenvalue weighted by molar-refractivity contribution is 5.95. The number of carbonyl (C=O) groups is 2. The molecule has 1 fully saturated rings. The van der Waals surface area contributed by atoms with E-state index < -0.39 is 18.1 Å². The van der Waals surface area contributed by atoms with E-state index in [2.05, 4.69) is 18.7 Å². The summed E-state index contributed by atoms with van der Waals surface area (Å²) in [5, 5.41) is 9.86. The zero-order chi connectivity index (χ0) is 18.6. The van der Waals surface area contributed by atoms with Crippen LogP contribution in [0.3, 0.4) is 0 Å². The van der Waals surface area contributed by atoms with Crippen LogP contribution in [0.25, 0.3) is 0 Å². The molecule has 1 aromatic heterocycles. The molecule has 1 aliphatic rings. The Hall–Kier alpha value is -1.86. The average Bonchev–Trinajstić information content (AvgIpc) is 3.21. The van der Waals surface area contributed by atoms with Gasteiger partial charge in [-0.15, -0.1) is 0 Å². The van der Waals surface area contributed by atoms with Gasteiger partial charge in [-0.1, -0.05) is 20.8 Å². The Kier molecular flexibility index (Phi) is 6.61. The van der Waals surface area contributed by atoms with Gasteiger partial charge in [-0.2, -0.15) is 0 Å². The highest BCUT2D eigenvalue weighted by atomic mass is 16.5. The van der Waals surface area contributed by atoms with Crippen LogP contribution in [-0.4, -0.2) is 65.7 Å². The summed E-state index contributed by atoms with van der Waals surface area (Å²) in [7, 11) is 1.28. The van der Waals surface area contributed by atoms with Gasteiger partial charge in [-0.25, -0.2) is 4.79 Å². The molecule has 1 N–H and O–H groups in total. The Morgan fingerprint density at radius 2 is 2.04 bits per heavy atom. The largest absolute Gasteiger partial charge is 0.467 e. The molecule has 1 saturated heterocycles. The van der Waals surface area contributed by atoms with Gasteiger partial charge in [0.25, 0.3) is 5.91 Å². The fourth-order valence-corrected chi connectivity index (χ4v) is 3.23. The van der Waals surface area contributed by atoms with Crippen LogP contribution in [0.15, 0.2) is 10.5 Å². The maximum absolute atomic E-state index is 12.8. The lowest BCUT2D eigenvalue weighted by molar-refractivity contribution is -0.145. The number of β-amino-alcohol motifs (C(OH)–C–C–N with tert-alkyl or cyclic N) is 1. The number of aryl methyl sites for hydroxylation is 1. The van der Waals surface area contributed by atoms with Crippen molar-refractivity contribution in [1.29, 1.82) is 0 Å². The van der Waals surface area contributed by atoms with Crippen LogP contribution in [0.4, 0.5) is 0 Å². The average molecular weight is 352 g/mol. The van der Waals surface area contributed by atoms with Gasteiger partial charge in [-0.05, 0) is 19.2 Å². The Labute approximate surface area is 148 Å². The van der Waals surface area contributed by atoms with Crippen molar-refractivity contribution in [2.24, 2.45) is 0 Å². The molecular formula is C18H28N2O5. The van der Waals surface area contributed by atoms with Crippen LogP contribution >= 0.6 is 0 Å². The number of esters is 1. The molecule has 2 atom stereocenters. The van der Waals surface area contributed by atoms with Crippen molar-refractivity contribution in [1.82, 2.24) is 9.80 Å². The van der Waals surface area contributed by atoms with Crippen LogP contribution in [0.5, 0.6) is 0 Å². The molecule has 25 heavy (non-hydrogen) atoms. The minimum Gasteiger partial charge on any atom is -0.467 e. The third-order valence-corrected chi connectivity index (χ3v) is 4.73. The number of hydrogen-bond donors (Lipinski definition) is 1. The molecule has 7 nitrogen and oxygen atoms in total. The number of carbonyl (C=O) groups excluding carboxylic acids is 2. The van der Waals surface area contributed by atoms with Crippen molar-refractivity contribution in [2.45, 2.75) is 52.3 Å². The standard InChI is InChI=1S/C18H28N2O5/c1-5-15-12(10-19(6-2)7-3)8-16(25-15)17(22)20-11-13(21)9-14(20)18(23)24-4/h8,13-14,21H,5-7,9-11H2,1-4H3/t13-,14+/m1/s1. The lowest BCUT2D eigenvalue weighted by Gasteiger charge is -2.21. The normalized spacial score (nSPS) is 20.3. The molecule has 0 spiro atoms. The summed E-state index contributed by atoms with van der Waals surface area (Å²) in [5.41, 5.74) is 0.990. The van der Waals surface area contributed by atoms with E-state index in [-0.39, 0.29) is 24.6 Å². The minimum absolute atomic E-state index is 0.103. The third kappa shape index (κ3) is 4.22. The number of aliphatic hydroxyl groups is 1. The predicted octanol–water partition coefficient (Wildman–Crippen LogP) is 1.43. The summed E-state index contributed by atoms with van der Waals surface area (Å²) < 4.78 is 10.5. The first-order valence-corrected chi connectivity index (χ1v) is 8.85. The molecule has 0 unspecified atom stereocenters. The van der Waals surface area contributed by atoms with Gasteiger partial charge >= 0.3 is 5.97 Å². The number of ether oxygens (including phenoxy) is 1. The Morgan fingerprint density at radius 3 is 2.60 bits per heavy atom. The van der Waals surface area contributed by atoms with Crippen molar-refractivity contribution in [3.05, 3.63) is 23.2 Å². The van der Waals surface area contributed by atoms with Crippen molar-refractivity contribution in [2.75, 3.05) is 26.7 Å². The lowest BCUT2D eigenvalue weighted by atomic mass is 10.2. The number of furan rings is 1. The van der Waals surface area contributed by atoms with Crippen molar-refractivity contribution in [3.63, 3.8) is 0 Å². The van der Waals surface area contributed by atoms with Gasteiger partial charge in [0, 0.05) is 31.5 Å². The molecule has 0 bridgehead atoms. The molecule has 0 saturated carbocycles. The number of amides is 1. The van der Waals surface area contributed by atoms with Crippen LogP contribution in [-0.2, 0) is 22.5 Å². The molecule has 1 aliphatic heterocycles. The van der Waals surface area contributed by atoms with E-state index in [4.69, 9.17) is 9.15 Å². The topological polar surface area (TPSA) is 83.2 Å². The van der Waals surface area contributed by atoms with Crippen molar-refractivity contribution in [3.8, 4) is 0 Å². The van der Waals surface area contributed by atoms with Crippen molar-refractivity contribution >= 4 is 11.9 Å². The molecule has 0 radical (unpaired) electrons. The Balaban J connectivity index is 2.24. The van der Waals surface area contributed by atoms with Crippen LogP contribution < -0.4 is 0 Å². The highest BCUT2D eigenvalue weighted by Crippen LogP contribution is 2.25. The molecule has 7 heteroatoms. The van der Waals surface area contributed by atoms with E-state index in [1.807, 2.05) is 6.92 Å². The zero-order valence-electron chi connectivity index (χ0n) is 15.4. The number of hydrogen-bond acceptors (Lipinski definition) is 6. The molecule has 140 valence electrons. The quantitative estimate of drug-likeness (QED) is 0.748. The zero-order valence-corrected chi connectivity index (χ0v) is 15.4. The first-order chi connectivity index (χ1) is 11.9. The third-order valence-electron chi connectivity index (χ3n) is 4.73. The van der Waals surface area contributed by atoms with E-state index in [0.29, 0.717) is 6.42 Å². The number of likely N-dealkylation sites (tertiary alicyclic amines) is 1. The maximum Gasteiger partial charge on any atom is 0.328 e. The van der Waals surface area contributed by atoms with E-state index >= 15 is 0 Å². The smallest absolute Gasteiger partial charge is 0.328 e. The SMILES string of the molecule is CCc1oc(C(=O)N2C[C@H](O)C[C@H]2C(=O)OC)cc1CN(CC)CC. The maximum atomic E-state index is 12.8. The highest BCUT2D eigenvalue weighted by Gasteiger charge is 2.41. The van der Waals surface area contributed by atoms with E-state index in [0.717, 1.165) is 31.0 Å². The fraction of sp³-hybridized carbons (Fsp3) is 0.667. The molecule has 1 aromatic rings. The van der Waals surface area contributed by atoms with E-state index in [1.165, 1.54) is 12.0 Å². The minimum atomic E-state index is -0.770. The number of nitrogens with zero attached hydrogens (tertiary/aromatic N) is 2. The number of aliphatic hydroxyl groups excluding tert-OH is 1. The summed E-state index contributed by atoms with van der Waals surface area (Å²) in [6.45, 7) is 8.81. The second-order valence-electron chi connectivity index (χ2n) is 6.26. The van der Waals surface area contributed by atoms with E-state index in [9.17, 15) is 14.7 Å². The van der Waals surface area contributed by atoms with Gasteiger partial charge in [0.2, 0.25) is 0 Å². The van der Waals surface area contributed by atoms with E-state index in [1.54, 1.807) is 6.07 Å². The second kappa shape index (κ2) is 8.49. The monoisotopic (exact) mass is 352 g/mol. The molecule has 2 heterocycles. The Bertz CT molecular complexity index is 609. The molecular weight excluding hydrogens is 324 g/mol. The molecule has 2 rings (SSSR count). The van der Waals surface area contributed by atoms with Gasteiger partial charge < -0.3 is 19.2 Å². The van der Waals surface area contributed by atoms with Crippen LogP contribution in [0, 0.1) is 0 Å². The first-order valence-electron chi connectivity index (χ1n) is 8.85. The van der Waals surface area contributed by atoms with Crippen LogP contribution in [0.2, 0.25) is 0 Å². The van der Waals surface area contributed by atoms with Gasteiger partial charge in [0.15, 0.2) is 5.76 Å². The molecule has 0 aromatic carbocycles.